The number of aromatic nitrogens is 1. The molecule has 0 saturated heterocycles. The van der Waals surface area contributed by atoms with Crippen LogP contribution in [-0.2, 0) is 24.1 Å². The zero-order valence-electron chi connectivity index (χ0n) is 12.9. The summed E-state index contributed by atoms with van der Waals surface area (Å²) in [5.74, 6) is 0.00102. The van der Waals surface area contributed by atoms with Crippen molar-refractivity contribution in [2.45, 2.75) is 25.7 Å². The van der Waals surface area contributed by atoms with Crippen LogP contribution in [0.1, 0.15) is 23.1 Å². The summed E-state index contributed by atoms with van der Waals surface area (Å²) in [6.07, 6.45) is 5.68. The molecule has 0 aliphatic heterocycles. The highest BCUT2D eigenvalue weighted by Crippen LogP contribution is 2.24. The van der Waals surface area contributed by atoms with E-state index >= 15 is 0 Å². The van der Waals surface area contributed by atoms with Crippen LogP contribution in [0.25, 0.3) is 10.9 Å². The van der Waals surface area contributed by atoms with Crippen molar-refractivity contribution < 1.29 is 4.79 Å². The van der Waals surface area contributed by atoms with E-state index in [0.717, 1.165) is 28.6 Å². The van der Waals surface area contributed by atoms with Crippen molar-refractivity contribution in [2.75, 3.05) is 5.32 Å². The number of aryl methyl sites for hydroxylation is 2. The number of para-hydroxylation sites is 1. The van der Waals surface area contributed by atoms with Crippen molar-refractivity contribution in [3.05, 3.63) is 71.4 Å². The molecule has 1 amide bonds. The molecule has 1 N–H and O–H groups in total. The average Bonchev–Trinajstić information content (AvgIpc) is 3.03. The molecule has 3 nitrogen and oxygen atoms in total. The molecule has 1 aliphatic carbocycles. The quantitative estimate of drug-likeness (QED) is 0.797. The van der Waals surface area contributed by atoms with Crippen molar-refractivity contribution in [3.63, 3.8) is 0 Å². The Bertz CT molecular complexity index is 880. The second-order valence-corrected chi connectivity index (χ2v) is 6.06. The number of amides is 1. The average molecular weight is 302 g/mol. The predicted molar refractivity (Wildman–Crippen MR) is 92.5 cm³/mol. The van der Waals surface area contributed by atoms with Gasteiger partial charge in [-0.2, -0.15) is 0 Å². The van der Waals surface area contributed by atoms with Gasteiger partial charge in [-0.05, 0) is 48.1 Å². The summed E-state index contributed by atoms with van der Waals surface area (Å²) in [7, 11) is 0. The first-order valence-electron chi connectivity index (χ1n) is 8.04. The van der Waals surface area contributed by atoms with Gasteiger partial charge in [-0.15, -0.1) is 0 Å². The molecule has 114 valence electrons. The molecule has 1 heterocycles. The van der Waals surface area contributed by atoms with Gasteiger partial charge >= 0.3 is 0 Å². The summed E-state index contributed by atoms with van der Waals surface area (Å²) in [6.45, 7) is 0. The smallest absolute Gasteiger partial charge is 0.228 e. The Labute approximate surface area is 135 Å². The zero-order valence-corrected chi connectivity index (χ0v) is 12.9. The van der Waals surface area contributed by atoms with E-state index in [0.29, 0.717) is 6.42 Å². The summed E-state index contributed by atoms with van der Waals surface area (Å²) in [5.41, 5.74) is 5.53. The van der Waals surface area contributed by atoms with E-state index in [9.17, 15) is 4.79 Å². The van der Waals surface area contributed by atoms with Gasteiger partial charge < -0.3 is 5.32 Å². The van der Waals surface area contributed by atoms with Crippen LogP contribution in [0, 0.1) is 0 Å². The Hall–Kier alpha value is -2.68. The van der Waals surface area contributed by atoms with E-state index in [1.165, 1.54) is 24.0 Å². The fourth-order valence-corrected chi connectivity index (χ4v) is 3.32. The Morgan fingerprint density at radius 1 is 1.04 bits per heavy atom. The number of hydrogen-bond acceptors (Lipinski definition) is 2. The summed E-state index contributed by atoms with van der Waals surface area (Å²) < 4.78 is 0. The molecule has 1 aliphatic rings. The van der Waals surface area contributed by atoms with Gasteiger partial charge in [-0.1, -0.05) is 36.4 Å². The summed E-state index contributed by atoms with van der Waals surface area (Å²) in [4.78, 5) is 16.8. The maximum atomic E-state index is 12.4. The minimum absolute atomic E-state index is 0.00102. The Morgan fingerprint density at radius 2 is 1.91 bits per heavy atom. The Morgan fingerprint density at radius 3 is 2.87 bits per heavy atom. The maximum Gasteiger partial charge on any atom is 0.228 e. The summed E-state index contributed by atoms with van der Waals surface area (Å²) in [5, 5.41) is 4.03. The van der Waals surface area contributed by atoms with Crippen LogP contribution in [0.4, 0.5) is 5.69 Å². The van der Waals surface area contributed by atoms with Crippen molar-refractivity contribution in [3.8, 4) is 0 Å². The molecular weight excluding hydrogens is 284 g/mol. The van der Waals surface area contributed by atoms with Gasteiger partial charge in [0.25, 0.3) is 0 Å². The van der Waals surface area contributed by atoms with E-state index in [-0.39, 0.29) is 5.91 Å². The number of anilines is 1. The van der Waals surface area contributed by atoms with Gasteiger partial charge in [0.2, 0.25) is 5.91 Å². The molecular formula is C20H18N2O. The lowest BCUT2D eigenvalue weighted by Crippen LogP contribution is -2.15. The number of fused-ring (bicyclic) bond motifs is 2. The molecule has 0 spiro atoms. The number of hydrogen-bond donors (Lipinski definition) is 1. The molecule has 3 aromatic rings. The van der Waals surface area contributed by atoms with E-state index in [1.807, 2.05) is 30.3 Å². The number of pyridine rings is 1. The third-order valence-electron chi connectivity index (χ3n) is 4.43. The van der Waals surface area contributed by atoms with Crippen LogP contribution < -0.4 is 5.32 Å². The second kappa shape index (κ2) is 5.84. The monoisotopic (exact) mass is 302 g/mol. The fourth-order valence-electron chi connectivity index (χ4n) is 3.32. The van der Waals surface area contributed by atoms with Crippen molar-refractivity contribution >= 4 is 22.5 Å². The van der Waals surface area contributed by atoms with Crippen molar-refractivity contribution in [1.29, 1.82) is 0 Å². The standard InChI is InChI=1S/C20H18N2O/c23-19(13-14-9-10-15-4-1-6-17(15)12-14)22-18-8-2-5-16-7-3-11-21-20(16)18/h2-3,5,7-12H,1,4,6,13H2,(H,22,23). The molecule has 23 heavy (non-hydrogen) atoms. The first kappa shape index (κ1) is 13.9. The van der Waals surface area contributed by atoms with Gasteiger partial charge in [0.05, 0.1) is 17.6 Å². The van der Waals surface area contributed by atoms with Gasteiger partial charge in [0.1, 0.15) is 0 Å². The minimum Gasteiger partial charge on any atom is -0.324 e. The predicted octanol–water partition coefficient (Wildman–Crippen LogP) is 3.90. The molecule has 0 unspecified atom stereocenters. The highest BCUT2D eigenvalue weighted by Gasteiger charge is 2.13. The van der Waals surface area contributed by atoms with Gasteiger partial charge in [-0.3, -0.25) is 9.78 Å². The Balaban J connectivity index is 1.53. The fraction of sp³-hybridized carbons (Fsp3) is 0.200. The number of nitrogens with one attached hydrogen (secondary N) is 1. The van der Waals surface area contributed by atoms with E-state index in [2.05, 4.69) is 28.5 Å². The highest BCUT2D eigenvalue weighted by atomic mass is 16.1. The SMILES string of the molecule is O=C(Cc1ccc2c(c1)CCC2)Nc1cccc2cccnc12. The number of nitrogens with zero attached hydrogens (tertiary/aromatic N) is 1. The van der Waals surface area contributed by atoms with Crippen molar-refractivity contribution in [2.24, 2.45) is 0 Å². The van der Waals surface area contributed by atoms with E-state index in [1.54, 1.807) is 6.20 Å². The first-order valence-corrected chi connectivity index (χ1v) is 8.04. The van der Waals surface area contributed by atoms with Crippen LogP contribution in [-0.4, -0.2) is 10.9 Å². The normalized spacial score (nSPS) is 13.0. The molecule has 0 radical (unpaired) electrons. The summed E-state index contributed by atoms with van der Waals surface area (Å²) >= 11 is 0. The Kier molecular flexibility index (Phi) is 3.54. The lowest BCUT2D eigenvalue weighted by molar-refractivity contribution is -0.115. The van der Waals surface area contributed by atoms with Crippen LogP contribution in [0.3, 0.4) is 0 Å². The summed E-state index contributed by atoms with van der Waals surface area (Å²) in [6, 6.07) is 16.2. The molecule has 0 saturated carbocycles. The number of benzene rings is 2. The molecule has 0 atom stereocenters. The highest BCUT2D eigenvalue weighted by molar-refractivity contribution is 6.00. The number of rotatable bonds is 3. The lowest BCUT2D eigenvalue weighted by Gasteiger charge is -2.09. The van der Waals surface area contributed by atoms with Crippen LogP contribution in [0.5, 0.6) is 0 Å². The number of carbonyl (C=O) groups excluding carboxylic acids is 1. The van der Waals surface area contributed by atoms with E-state index in [4.69, 9.17) is 0 Å². The van der Waals surface area contributed by atoms with Gasteiger partial charge in [0.15, 0.2) is 0 Å². The molecule has 0 fully saturated rings. The van der Waals surface area contributed by atoms with Crippen LogP contribution >= 0.6 is 0 Å². The largest absolute Gasteiger partial charge is 0.324 e. The zero-order chi connectivity index (χ0) is 15.6. The van der Waals surface area contributed by atoms with Gasteiger partial charge in [0, 0.05) is 11.6 Å². The first-order chi connectivity index (χ1) is 11.3. The molecule has 3 heteroatoms. The molecule has 1 aromatic heterocycles. The maximum absolute atomic E-state index is 12.4. The molecule has 0 bridgehead atoms. The van der Waals surface area contributed by atoms with Crippen LogP contribution in [0.2, 0.25) is 0 Å². The van der Waals surface area contributed by atoms with Crippen LogP contribution in [0.15, 0.2) is 54.7 Å². The van der Waals surface area contributed by atoms with Gasteiger partial charge in [-0.25, -0.2) is 0 Å². The third kappa shape index (κ3) is 2.82. The second-order valence-electron chi connectivity index (χ2n) is 6.06. The molecule has 4 rings (SSSR count). The van der Waals surface area contributed by atoms with E-state index < -0.39 is 0 Å². The topological polar surface area (TPSA) is 42.0 Å². The lowest BCUT2D eigenvalue weighted by atomic mass is 10.0. The molecule has 2 aromatic carbocycles. The van der Waals surface area contributed by atoms with Crippen molar-refractivity contribution in [1.82, 2.24) is 4.98 Å². The third-order valence-corrected chi connectivity index (χ3v) is 4.43. The minimum atomic E-state index is 0.00102. The number of carbonyl (C=O) groups is 1.